The first kappa shape index (κ1) is 30.1. The molecule has 224 valence electrons. The highest BCUT2D eigenvalue weighted by Crippen LogP contribution is 2.68. The van der Waals surface area contributed by atoms with Crippen molar-refractivity contribution >= 4 is 14.2 Å². The molecule has 4 nitrogen and oxygen atoms in total. The van der Waals surface area contributed by atoms with Crippen LogP contribution in [0.25, 0.3) is 0 Å². The Morgan fingerprint density at radius 2 is 1.64 bits per heavy atom. The molecular weight excluding hydrogens is 498 g/mol. The number of rotatable bonds is 6. The quantitative estimate of drug-likeness (QED) is 0.335. The fourth-order valence-corrected chi connectivity index (χ4v) is 11.9. The van der Waals surface area contributed by atoms with Gasteiger partial charge in [0.2, 0.25) is 5.91 Å². The summed E-state index contributed by atoms with van der Waals surface area (Å²) in [4.78, 5) is 14.9. The predicted molar refractivity (Wildman–Crippen MR) is 163 cm³/mol. The molecule has 1 N–H and O–H groups in total. The van der Waals surface area contributed by atoms with E-state index in [1.54, 1.807) is 0 Å². The maximum absolute atomic E-state index is 12.8. The van der Waals surface area contributed by atoms with Crippen LogP contribution in [0.15, 0.2) is 0 Å². The normalized spacial score (nSPS) is 43.5. The van der Waals surface area contributed by atoms with E-state index in [4.69, 9.17) is 4.43 Å². The SMILES string of the molecule is C[C@H](CCC(=O)N1CCCC1)[C@H]1CC[C@H]2[C@@H]3[C@H](O)C[C@@H]4C[C@H](O[Si](C)(C)C(C)(C)C)CC[C@]4(C)[C@H]3CC[C@]12C. The largest absolute Gasteiger partial charge is 0.414 e. The number of aliphatic hydroxyl groups excluding tert-OH is 1. The van der Waals surface area contributed by atoms with Gasteiger partial charge in [-0.15, -0.1) is 0 Å². The van der Waals surface area contributed by atoms with E-state index < -0.39 is 8.32 Å². The molecule has 0 bridgehead atoms. The van der Waals surface area contributed by atoms with Crippen molar-refractivity contribution < 1.29 is 14.3 Å². The first-order valence-electron chi connectivity index (χ1n) is 16.8. The van der Waals surface area contributed by atoms with Crippen molar-refractivity contribution in [3.05, 3.63) is 0 Å². The van der Waals surface area contributed by atoms with Crippen LogP contribution in [0.1, 0.15) is 119 Å². The number of fused-ring (bicyclic) bond motifs is 5. The first-order valence-corrected chi connectivity index (χ1v) is 19.7. The fraction of sp³-hybridized carbons (Fsp3) is 0.971. The van der Waals surface area contributed by atoms with Crippen LogP contribution in [0.2, 0.25) is 18.1 Å². The number of nitrogens with zero attached hydrogens (tertiary/aromatic N) is 1. The summed E-state index contributed by atoms with van der Waals surface area (Å²) < 4.78 is 6.94. The Kier molecular flexibility index (Phi) is 8.26. The summed E-state index contributed by atoms with van der Waals surface area (Å²) in [5, 5.41) is 12.1. The Labute approximate surface area is 241 Å². The van der Waals surface area contributed by atoms with Crippen LogP contribution in [-0.2, 0) is 9.22 Å². The molecule has 5 fully saturated rings. The molecule has 5 heteroatoms. The third-order valence-electron chi connectivity index (χ3n) is 13.9. The Hall–Kier alpha value is -0.393. The summed E-state index contributed by atoms with van der Waals surface area (Å²) in [6.45, 7) is 21.4. The Morgan fingerprint density at radius 3 is 2.31 bits per heavy atom. The van der Waals surface area contributed by atoms with Crippen molar-refractivity contribution in [1.82, 2.24) is 4.90 Å². The number of amides is 1. The second kappa shape index (κ2) is 10.7. The molecule has 0 aromatic heterocycles. The summed E-state index contributed by atoms with van der Waals surface area (Å²) in [6, 6.07) is 0. The van der Waals surface area contributed by atoms with Crippen LogP contribution in [-0.4, -0.2) is 49.5 Å². The zero-order valence-electron chi connectivity index (χ0n) is 26.7. The van der Waals surface area contributed by atoms with E-state index in [9.17, 15) is 9.90 Å². The lowest BCUT2D eigenvalue weighted by atomic mass is 9.43. The number of carbonyl (C=O) groups is 1. The van der Waals surface area contributed by atoms with Crippen molar-refractivity contribution in [3.63, 3.8) is 0 Å². The molecule has 0 aromatic rings. The maximum atomic E-state index is 12.8. The third kappa shape index (κ3) is 5.33. The minimum absolute atomic E-state index is 0.157. The van der Waals surface area contributed by atoms with Crippen LogP contribution in [0.4, 0.5) is 0 Å². The van der Waals surface area contributed by atoms with Crippen LogP contribution in [0.3, 0.4) is 0 Å². The standard InChI is InChI=1S/C34H61NO3Si/c1-23(11-14-30(37)35-19-9-10-20-35)26-12-13-27-31-28(16-18-34(26,27)6)33(5)17-15-25(21-24(33)22-29(31)36)38-39(7,8)32(2,3)4/h23-29,31,36H,9-22H2,1-8H3/t23-,24+,25-,26-,27+,28+,29-,31+,33+,34-/m1/s1. The number of likely N-dealkylation sites (tertiary alicyclic amines) is 1. The van der Waals surface area contributed by atoms with Crippen molar-refractivity contribution in [2.75, 3.05) is 13.1 Å². The first-order chi connectivity index (χ1) is 18.2. The second-order valence-corrected chi connectivity index (χ2v) is 21.7. The molecule has 39 heavy (non-hydrogen) atoms. The van der Waals surface area contributed by atoms with E-state index >= 15 is 0 Å². The number of carbonyl (C=O) groups excluding carboxylic acids is 1. The van der Waals surface area contributed by atoms with Gasteiger partial charge >= 0.3 is 0 Å². The van der Waals surface area contributed by atoms with Crippen molar-refractivity contribution in [2.24, 2.45) is 46.3 Å². The number of aliphatic hydroxyl groups is 1. The van der Waals surface area contributed by atoms with Gasteiger partial charge in [-0.3, -0.25) is 4.79 Å². The van der Waals surface area contributed by atoms with Gasteiger partial charge in [0, 0.05) is 25.6 Å². The van der Waals surface area contributed by atoms with Gasteiger partial charge in [-0.05, 0) is 135 Å². The topological polar surface area (TPSA) is 49.8 Å². The molecule has 4 saturated carbocycles. The van der Waals surface area contributed by atoms with Crippen LogP contribution in [0, 0.1) is 46.3 Å². The van der Waals surface area contributed by atoms with Crippen LogP contribution < -0.4 is 0 Å². The Morgan fingerprint density at radius 1 is 1.00 bits per heavy atom. The molecule has 0 spiro atoms. The molecule has 5 aliphatic rings. The second-order valence-electron chi connectivity index (χ2n) is 16.9. The van der Waals surface area contributed by atoms with E-state index in [0.29, 0.717) is 58.3 Å². The molecule has 1 aliphatic heterocycles. The van der Waals surface area contributed by atoms with E-state index in [1.807, 2.05) is 0 Å². The lowest BCUT2D eigenvalue weighted by molar-refractivity contribution is -0.173. The molecule has 1 saturated heterocycles. The average Bonchev–Trinajstić information content (AvgIpc) is 3.50. The zero-order valence-corrected chi connectivity index (χ0v) is 27.7. The van der Waals surface area contributed by atoms with E-state index in [-0.39, 0.29) is 11.1 Å². The van der Waals surface area contributed by atoms with Gasteiger partial charge < -0.3 is 14.4 Å². The van der Waals surface area contributed by atoms with Gasteiger partial charge in [0.1, 0.15) is 0 Å². The minimum atomic E-state index is -1.78. The van der Waals surface area contributed by atoms with Gasteiger partial charge in [0.25, 0.3) is 0 Å². The van der Waals surface area contributed by atoms with Gasteiger partial charge in [-0.25, -0.2) is 0 Å². The van der Waals surface area contributed by atoms with Crippen LogP contribution >= 0.6 is 0 Å². The fourth-order valence-electron chi connectivity index (χ4n) is 10.5. The Balaban J connectivity index is 1.25. The van der Waals surface area contributed by atoms with Crippen molar-refractivity contribution in [2.45, 2.75) is 149 Å². The summed E-state index contributed by atoms with van der Waals surface area (Å²) >= 11 is 0. The molecule has 0 aromatic carbocycles. The molecule has 0 radical (unpaired) electrons. The minimum Gasteiger partial charge on any atom is -0.414 e. The molecular formula is C34H61NO3Si. The molecule has 5 rings (SSSR count). The molecule has 1 heterocycles. The highest BCUT2D eigenvalue weighted by Gasteiger charge is 2.63. The maximum Gasteiger partial charge on any atom is 0.222 e. The highest BCUT2D eigenvalue weighted by atomic mass is 28.4. The van der Waals surface area contributed by atoms with Gasteiger partial charge in [-0.2, -0.15) is 0 Å². The predicted octanol–water partition coefficient (Wildman–Crippen LogP) is 8.05. The molecule has 0 unspecified atom stereocenters. The van der Waals surface area contributed by atoms with Crippen molar-refractivity contribution in [3.8, 4) is 0 Å². The highest BCUT2D eigenvalue weighted by molar-refractivity contribution is 6.74. The third-order valence-corrected chi connectivity index (χ3v) is 18.5. The number of hydrogen-bond donors (Lipinski definition) is 1. The molecule has 4 aliphatic carbocycles. The summed E-state index contributed by atoms with van der Waals surface area (Å²) in [7, 11) is -1.78. The Bertz CT molecular complexity index is 893. The van der Waals surface area contributed by atoms with Crippen LogP contribution in [0.5, 0.6) is 0 Å². The van der Waals surface area contributed by atoms with Gasteiger partial charge in [-0.1, -0.05) is 41.5 Å². The van der Waals surface area contributed by atoms with Gasteiger partial charge in [0.15, 0.2) is 8.32 Å². The summed E-state index contributed by atoms with van der Waals surface area (Å²) in [5.41, 5.74) is 0.675. The van der Waals surface area contributed by atoms with Crippen molar-refractivity contribution in [1.29, 1.82) is 0 Å². The van der Waals surface area contributed by atoms with E-state index in [1.165, 1.54) is 51.4 Å². The zero-order chi connectivity index (χ0) is 28.4. The lowest BCUT2D eigenvalue weighted by Crippen LogP contribution is -2.59. The molecule has 1 amide bonds. The monoisotopic (exact) mass is 559 g/mol. The average molecular weight is 560 g/mol. The van der Waals surface area contributed by atoms with E-state index in [0.717, 1.165) is 38.8 Å². The molecule has 10 atom stereocenters. The van der Waals surface area contributed by atoms with Gasteiger partial charge in [0.05, 0.1) is 6.10 Å². The summed E-state index contributed by atoms with van der Waals surface area (Å²) in [5.74, 6) is 4.03. The number of hydrogen-bond acceptors (Lipinski definition) is 3. The summed E-state index contributed by atoms with van der Waals surface area (Å²) in [6.07, 6.45) is 14.1. The van der Waals surface area contributed by atoms with E-state index in [2.05, 4.69) is 59.5 Å². The smallest absolute Gasteiger partial charge is 0.222 e. The lowest BCUT2D eigenvalue weighted by Gasteiger charge is -2.63.